The minimum absolute atomic E-state index is 0.0987. The summed E-state index contributed by atoms with van der Waals surface area (Å²) in [7, 11) is 0. The smallest absolute Gasteiger partial charge is 0.261 e. The van der Waals surface area contributed by atoms with Gasteiger partial charge in [-0.15, -0.1) is 22.7 Å². The van der Waals surface area contributed by atoms with E-state index in [0.29, 0.717) is 4.88 Å². The van der Waals surface area contributed by atoms with Crippen molar-refractivity contribution in [2.45, 2.75) is 0 Å². The number of thiophene rings is 2. The highest BCUT2D eigenvalue weighted by Gasteiger charge is 2.07. The van der Waals surface area contributed by atoms with Crippen LogP contribution in [0.15, 0.2) is 40.1 Å². The Hall–Kier alpha value is -1.99. The third-order valence-electron chi connectivity index (χ3n) is 2.08. The van der Waals surface area contributed by atoms with Crippen molar-refractivity contribution >= 4 is 40.7 Å². The molecule has 0 aliphatic carbocycles. The highest BCUT2D eigenvalue weighted by atomic mass is 32.1. The van der Waals surface area contributed by atoms with Crippen LogP contribution in [0.3, 0.4) is 0 Å². The van der Waals surface area contributed by atoms with E-state index in [1.165, 1.54) is 22.7 Å². The Bertz CT molecular complexity index is 562. The van der Waals surface area contributed by atoms with E-state index in [9.17, 15) is 9.59 Å². The van der Waals surface area contributed by atoms with Crippen LogP contribution < -0.4 is 10.7 Å². The quantitative estimate of drug-likeness (QED) is 0.650. The summed E-state index contributed by atoms with van der Waals surface area (Å²) >= 11 is 2.85. The highest BCUT2D eigenvalue weighted by Crippen LogP contribution is 2.07. The van der Waals surface area contributed by atoms with E-state index in [0.717, 1.165) is 4.88 Å². The first kappa shape index (κ1) is 13.4. The van der Waals surface area contributed by atoms with Crippen LogP contribution in [-0.4, -0.2) is 24.6 Å². The van der Waals surface area contributed by atoms with Gasteiger partial charge in [0.1, 0.15) is 0 Å². The van der Waals surface area contributed by atoms with E-state index in [-0.39, 0.29) is 18.4 Å². The van der Waals surface area contributed by atoms with E-state index < -0.39 is 0 Å². The van der Waals surface area contributed by atoms with Crippen molar-refractivity contribution in [3.05, 3.63) is 44.8 Å². The molecule has 2 aromatic heterocycles. The lowest BCUT2D eigenvalue weighted by Gasteiger charge is -2.01. The molecule has 5 nitrogen and oxygen atoms in total. The molecule has 98 valence electrons. The number of hydrogen-bond acceptors (Lipinski definition) is 5. The van der Waals surface area contributed by atoms with Crippen molar-refractivity contribution in [3.63, 3.8) is 0 Å². The van der Waals surface area contributed by atoms with E-state index in [2.05, 4.69) is 15.8 Å². The zero-order valence-corrected chi connectivity index (χ0v) is 11.5. The number of nitrogens with one attached hydrogen (secondary N) is 2. The fourth-order valence-electron chi connectivity index (χ4n) is 1.23. The summed E-state index contributed by atoms with van der Waals surface area (Å²) in [5, 5.41) is 10.0. The van der Waals surface area contributed by atoms with E-state index in [1.807, 2.05) is 17.5 Å². The van der Waals surface area contributed by atoms with Gasteiger partial charge in [0.15, 0.2) is 0 Å². The average Bonchev–Trinajstić information content (AvgIpc) is 3.08. The molecule has 0 radical (unpaired) electrons. The maximum Gasteiger partial charge on any atom is 0.261 e. The number of nitrogens with zero attached hydrogens (tertiary/aromatic N) is 1. The van der Waals surface area contributed by atoms with Crippen LogP contribution in [0.4, 0.5) is 0 Å². The molecule has 0 saturated carbocycles. The largest absolute Gasteiger partial charge is 0.342 e. The lowest BCUT2D eigenvalue weighted by atomic mass is 10.4. The maximum absolute atomic E-state index is 11.6. The second-order valence-electron chi connectivity index (χ2n) is 3.47. The van der Waals surface area contributed by atoms with Crippen molar-refractivity contribution in [2.24, 2.45) is 5.10 Å². The van der Waals surface area contributed by atoms with Gasteiger partial charge >= 0.3 is 0 Å². The second kappa shape index (κ2) is 6.81. The topological polar surface area (TPSA) is 70.6 Å². The Kier molecular flexibility index (Phi) is 4.82. The van der Waals surface area contributed by atoms with Gasteiger partial charge in [0.25, 0.3) is 11.8 Å². The normalized spacial score (nSPS) is 10.5. The molecule has 2 amide bonds. The first-order valence-electron chi connectivity index (χ1n) is 5.43. The lowest BCUT2D eigenvalue weighted by molar-refractivity contribution is -0.120. The van der Waals surface area contributed by atoms with Gasteiger partial charge in [0.05, 0.1) is 17.6 Å². The van der Waals surface area contributed by atoms with Gasteiger partial charge in [-0.2, -0.15) is 5.10 Å². The van der Waals surface area contributed by atoms with Crippen molar-refractivity contribution < 1.29 is 9.59 Å². The van der Waals surface area contributed by atoms with Crippen molar-refractivity contribution in [1.82, 2.24) is 10.7 Å². The second-order valence-corrected chi connectivity index (χ2v) is 5.40. The summed E-state index contributed by atoms with van der Waals surface area (Å²) < 4.78 is 0. The molecule has 0 spiro atoms. The van der Waals surface area contributed by atoms with Crippen molar-refractivity contribution in [2.75, 3.05) is 6.54 Å². The summed E-state index contributed by atoms with van der Waals surface area (Å²) in [5.74, 6) is -0.620. The van der Waals surface area contributed by atoms with Crippen LogP contribution in [0.25, 0.3) is 0 Å². The molecular formula is C12H11N3O2S2. The molecule has 0 bridgehead atoms. The summed E-state index contributed by atoms with van der Waals surface area (Å²) in [4.78, 5) is 24.5. The molecule has 2 rings (SSSR count). The monoisotopic (exact) mass is 293 g/mol. The molecule has 0 fully saturated rings. The molecule has 2 heterocycles. The van der Waals surface area contributed by atoms with Gasteiger partial charge in [-0.3, -0.25) is 9.59 Å². The van der Waals surface area contributed by atoms with E-state index in [1.54, 1.807) is 23.7 Å². The molecule has 0 aliphatic heterocycles. The summed E-state index contributed by atoms with van der Waals surface area (Å²) in [6.45, 7) is -0.0987. The van der Waals surface area contributed by atoms with Gasteiger partial charge in [-0.1, -0.05) is 12.1 Å². The molecule has 0 aliphatic rings. The van der Waals surface area contributed by atoms with E-state index >= 15 is 0 Å². The number of rotatable bonds is 5. The van der Waals surface area contributed by atoms with Crippen LogP contribution in [-0.2, 0) is 4.79 Å². The maximum atomic E-state index is 11.6. The summed E-state index contributed by atoms with van der Waals surface area (Å²) in [6.07, 6.45) is 1.56. The zero-order chi connectivity index (χ0) is 13.5. The first-order valence-corrected chi connectivity index (χ1v) is 7.19. The van der Waals surface area contributed by atoms with Crippen LogP contribution >= 0.6 is 22.7 Å². The summed E-state index contributed by atoms with van der Waals surface area (Å²) in [6, 6.07) is 7.27. The molecule has 0 saturated heterocycles. The molecule has 2 N–H and O–H groups in total. The molecule has 0 unspecified atom stereocenters. The third kappa shape index (κ3) is 4.31. The van der Waals surface area contributed by atoms with Crippen molar-refractivity contribution in [3.8, 4) is 0 Å². The first-order chi connectivity index (χ1) is 9.25. The fraction of sp³-hybridized carbons (Fsp3) is 0.0833. The number of carbonyl (C=O) groups excluding carboxylic acids is 2. The van der Waals surface area contributed by atoms with E-state index in [4.69, 9.17) is 0 Å². The molecule has 0 aromatic carbocycles. The zero-order valence-electron chi connectivity index (χ0n) is 9.83. The van der Waals surface area contributed by atoms with Crippen molar-refractivity contribution in [1.29, 1.82) is 0 Å². The third-order valence-corrected chi connectivity index (χ3v) is 3.75. The molecule has 0 atom stereocenters. The van der Waals surface area contributed by atoms with Crippen LogP contribution in [0.1, 0.15) is 14.5 Å². The predicted octanol–water partition coefficient (Wildman–Crippen LogP) is 1.69. The number of hydrazone groups is 1. The van der Waals surface area contributed by atoms with Crippen LogP contribution in [0.5, 0.6) is 0 Å². The molecular weight excluding hydrogens is 282 g/mol. The Morgan fingerprint density at radius 3 is 2.68 bits per heavy atom. The van der Waals surface area contributed by atoms with Crippen LogP contribution in [0.2, 0.25) is 0 Å². The minimum Gasteiger partial charge on any atom is -0.342 e. The van der Waals surface area contributed by atoms with Gasteiger partial charge in [0.2, 0.25) is 0 Å². The Morgan fingerprint density at radius 1 is 1.21 bits per heavy atom. The Balaban J connectivity index is 1.71. The SMILES string of the molecule is O=C(CNC(=O)c1cccs1)N/N=C\c1cccs1. The Morgan fingerprint density at radius 2 is 2.00 bits per heavy atom. The van der Waals surface area contributed by atoms with Gasteiger partial charge in [-0.05, 0) is 22.9 Å². The summed E-state index contributed by atoms with van der Waals surface area (Å²) in [5.41, 5.74) is 2.35. The number of hydrogen-bond donors (Lipinski definition) is 2. The van der Waals surface area contributed by atoms with Crippen LogP contribution in [0, 0.1) is 0 Å². The molecule has 2 aromatic rings. The molecule has 19 heavy (non-hydrogen) atoms. The Labute approximate surface area is 118 Å². The van der Waals surface area contributed by atoms with Gasteiger partial charge in [-0.25, -0.2) is 5.43 Å². The lowest BCUT2D eigenvalue weighted by Crippen LogP contribution is -2.34. The highest BCUT2D eigenvalue weighted by molar-refractivity contribution is 7.12. The number of amides is 2. The standard InChI is InChI=1S/C12H11N3O2S2/c16-11(15-14-7-9-3-1-5-18-9)8-13-12(17)10-4-2-6-19-10/h1-7H,8H2,(H,13,17)(H,15,16)/b14-7-. The predicted molar refractivity (Wildman–Crippen MR) is 76.7 cm³/mol. The average molecular weight is 293 g/mol. The fourth-order valence-corrected chi connectivity index (χ4v) is 2.45. The van der Waals surface area contributed by atoms with Gasteiger partial charge in [0, 0.05) is 4.88 Å². The molecule has 7 heteroatoms. The minimum atomic E-state index is -0.363. The number of carbonyl (C=O) groups is 2. The van der Waals surface area contributed by atoms with Gasteiger partial charge < -0.3 is 5.32 Å².